The molecule has 0 amide bonds. The van der Waals surface area contributed by atoms with Gasteiger partial charge in [0.05, 0.1) is 6.20 Å². The van der Waals surface area contributed by atoms with Gasteiger partial charge in [0.25, 0.3) is 0 Å². The lowest BCUT2D eigenvalue weighted by Crippen LogP contribution is -2.35. The number of piperidine rings is 1. The highest BCUT2D eigenvalue weighted by atomic mass is 16.2. The second-order valence-electron chi connectivity index (χ2n) is 4.60. The summed E-state index contributed by atoms with van der Waals surface area (Å²) in [7, 11) is 0. The van der Waals surface area contributed by atoms with Crippen LogP contribution in [0.2, 0.25) is 0 Å². The van der Waals surface area contributed by atoms with E-state index in [1.54, 1.807) is 0 Å². The Bertz CT molecular complexity index is 286. The maximum Gasteiger partial charge on any atom is 0.0522 e. The molecule has 1 unspecified atom stereocenters. The summed E-state index contributed by atoms with van der Waals surface area (Å²) < 4.78 is 0. The van der Waals surface area contributed by atoms with Crippen LogP contribution in [-0.4, -0.2) is 46.4 Å². The van der Waals surface area contributed by atoms with E-state index >= 15 is 0 Å². The topological polar surface area (TPSA) is 52.1 Å². The number of nitrogens with zero attached hydrogens (tertiary/aromatic N) is 2. The second-order valence-corrected chi connectivity index (χ2v) is 4.60. The Kier molecular flexibility index (Phi) is 4.36. The first-order chi connectivity index (χ1) is 7.90. The fraction of sp³-hybridized carbons (Fsp3) is 0.750. The van der Waals surface area contributed by atoms with Gasteiger partial charge in [0.15, 0.2) is 0 Å². The quantitative estimate of drug-likeness (QED) is 0.741. The third kappa shape index (κ3) is 3.06. The molecule has 90 valence electrons. The van der Waals surface area contributed by atoms with E-state index in [1.165, 1.54) is 24.9 Å². The average Bonchev–Trinajstić information content (AvgIpc) is 2.83. The summed E-state index contributed by atoms with van der Waals surface area (Å²) in [6.45, 7) is 3.79. The van der Waals surface area contributed by atoms with Crippen LogP contribution < -0.4 is 0 Å². The molecule has 16 heavy (non-hydrogen) atoms. The van der Waals surface area contributed by atoms with Crippen LogP contribution in [0.25, 0.3) is 0 Å². The van der Waals surface area contributed by atoms with Gasteiger partial charge in [-0.3, -0.25) is 5.10 Å². The summed E-state index contributed by atoms with van der Waals surface area (Å²) in [4.78, 5) is 2.51. The van der Waals surface area contributed by atoms with Crippen molar-refractivity contribution in [1.29, 1.82) is 0 Å². The van der Waals surface area contributed by atoms with Gasteiger partial charge < -0.3 is 10.0 Å². The normalized spacial score (nSPS) is 22.4. The molecule has 2 N–H and O–H groups in total. The predicted octanol–water partition coefficient (Wildman–Crippen LogP) is 1.36. The number of aromatic amines is 1. The van der Waals surface area contributed by atoms with Gasteiger partial charge >= 0.3 is 0 Å². The van der Waals surface area contributed by atoms with Crippen molar-refractivity contribution in [2.45, 2.75) is 31.6 Å². The number of hydrogen-bond acceptors (Lipinski definition) is 3. The highest BCUT2D eigenvalue weighted by Crippen LogP contribution is 2.25. The maximum atomic E-state index is 8.77. The molecule has 4 heteroatoms. The second kappa shape index (κ2) is 6.01. The summed E-state index contributed by atoms with van der Waals surface area (Å²) in [5.41, 5.74) is 1.34. The lowest BCUT2D eigenvalue weighted by molar-refractivity contribution is 0.196. The van der Waals surface area contributed by atoms with Crippen LogP contribution in [0.15, 0.2) is 12.4 Å². The van der Waals surface area contributed by atoms with Crippen molar-refractivity contribution in [3.8, 4) is 0 Å². The van der Waals surface area contributed by atoms with Crippen LogP contribution in [0.4, 0.5) is 0 Å². The van der Waals surface area contributed by atoms with Crippen LogP contribution in [0.5, 0.6) is 0 Å². The summed E-state index contributed by atoms with van der Waals surface area (Å²) >= 11 is 0. The number of aromatic nitrogens is 2. The molecule has 0 saturated carbocycles. The van der Waals surface area contributed by atoms with Gasteiger partial charge in [0, 0.05) is 19.3 Å². The van der Waals surface area contributed by atoms with Crippen molar-refractivity contribution in [2.24, 2.45) is 0 Å². The molecule has 2 rings (SSSR count). The van der Waals surface area contributed by atoms with Gasteiger partial charge in [-0.25, -0.2) is 0 Å². The van der Waals surface area contributed by atoms with Crippen LogP contribution in [-0.2, 0) is 0 Å². The SMILES string of the molecule is OCCCCN1CCCC(c2cn[nH]c2)C1. The highest BCUT2D eigenvalue weighted by molar-refractivity contribution is 5.11. The largest absolute Gasteiger partial charge is 0.396 e. The third-order valence-electron chi connectivity index (χ3n) is 3.38. The van der Waals surface area contributed by atoms with E-state index in [-0.39, 0.29) is 0 Å². The standard InChI is InChI=1S/C12H21N3O/c16-7-2-1-5-15-6-3-4-11(10-15)12-8-13-14-9-12/h8-9,11,16H,1-7,10H2,(H,13,14). The van der Waals surface area contributed by atoms with E-state index in [2.05, 4.69) is 15.1 Å². The van der Waals surface area contributed by atoms with E-state index in [1.807, 2.05) is 12.4 Å². The van der Waals surface area contributed by atoms with Crippen molar-refractivity contribution in [3.63, 3.8) is 0 Å². The Morgan fingerprint density at radius 3 is 3.19 bits per heavy atom. The first-order valence-corrected chi connectivity index (χ1v) is 6.22. The zero-order valence-electron chi connectivity index (χ0n) is 9.73. The van der Waals surface area contributed by atoms with Gasteiger partial charge in [0.1, 0.15) is 0 Å². The zero-order chi connectivity index (χ0) is 11.2. The van der Waals surface area contributed by atoms with Crippen molar-refractivity contribution in [1.82, 2.24) is 15.1 Å². The van der Waals surface area contributed by atoms with Crippen molar-refractivity contribution < 1.29 is 5.11 Å². The number of nitrogens with one attached hydrogen (secondary N) is 1. The maximum absolute atomic E-state index is 8.77. The lowest BCUT2D eigenvalue weighted by Gasteiger charge is -2.32. The monoisotopic (exact) mass is 223 g/mol. The molecule has 1 aromatic rings. The molecular weight excluding hydrogens is 202 g/mol. The van der Waals surface area contributed by atoms with E-state index in [0.29, 0.717) is 12.5 Å². The minimum Gasteiger partial charge on any atom is -0.396 e. The molecular formula is C12H21N3O. The lowest BCUT2D eigenvalue weighted by atomic mass is 9.93. The minimum absolute atomic E-state index is 0.318. The molecule has 1 saturated heterocycles. The molecule has 0 aromatic carbocycles. The van der Waals surface area contributed by atoms with E-state index in [0.717, 1.165) is 25.9 Å². The average molecular weight is 223 g/mol. The smallest absolute Gasteiger partial charge is 0.0522 e. The van der Waals surface area contributed by atoms with Gasteiger partial charge in [-0.1, -0.05) is 0 Å². The van der Waals surface area contributed by atoms with E-state index < -0.39 is 0 Å². The molecule has 1 atom stereocenters. The molecule has 0 bridgehead atoms. The van der Waals surface area contributed by atoms with Gasteiger partial charge in [-0.05, 0) is 50.3 Å². The molecule has 0 spiro atoms. The number of unbranched alkanes of at least 4 members (excludes halogenated alkanes) is 1. The van der Waals surface area contributed by atoms with Crippen molar-refractivity contribution in [2.75, 3.05) is 26.2 Å². The van der Waals surface area contributed by atoms with Gasteiger partial charge in [-0.15, -0.1) is 0 Å². The number of hydrogen-bond donors (Lipinski definition) is 2. The van der Waals surface area contributed by atoms with E-state index in [9.17, 15) is 0 Å². The minimum atomic E-state index is 0.318. The number of H-pyrrole nitrogens is 1. The number of likely N-dealkylation sites (tertiary alicyclic amines) is 1. The van der Waals surface area contributed by atoms with Crippen LogP contribution in [0.3, 0.4) is 0 Å². The fourth-order valence-electron chi connectivity index (χ4n) is 2.46. The fourth-order valence-corrected chi connectivity index (χ4v) is 2.46. The predicted molar refractivity (Wildman–Crippen MR) is 63.3 cm³/mol. The number of rotatable bonds is 5. The zero-order valence-corrected chi connectivity index (χ0v) is 9.73. The Labute approximate surface area is 96.7 Å². The highest BCUT2D eigenvalue weighted by Gasteiger charge is 2.21. The van der Waals surface area contributed by atoms with E-state index in [4.69, 9.17) is 5.11 Å². The summed E-state index contributed by atoms with van der Waals surface area (Å²) in [6, 6.07) is 0. The Balaban J connectivity index is 1.80. The Morgan fingerprint density at radius 2 is 2.44 bits per heavy atom. The first-order valence-electron chi connectivity index (χ1n) is 6.22. The molecule has 1 aliphatic rings. The molecule has 1 aromatic heterocycles. The molecule has 0 aliphatic carbocycles. The summed E-state index contributed by atoms with van der Waals surface area (Å²) in [6.07, 6.45) is 8.54. The van der Waals surface area contributed by atoms with Crippen molar-refractivity contribution in [3.05, 3.63) is 18.0 Å². The Hall–Kier alpha value is -0.870. The number of aliphatic hydroxyl groups excluding tert-OH is 1. The number of aliphatic hydroxyl groups is 1. The van der Waals surface area contributed by atoms with Crippen LogP contribution >= 0.6 is 0 Å². The molecule has 0 radical (unpaired) electrons. The van der Waals surface area contributed by atoms with Crippen LogP contribution in [0.1, 0.15) is 37.2 Å². The molecule has 4 nitrogen and oxygen atoms in total. The third-order valence-corrected chi connectivity index (χ3v) is 3.38. The van der Waals surface area contributed by atoms with Gasteiger partial charge in [-0.2, -0.15) is 5.10 Å². The summed E-state index contributed by atoms with van der Waals surface area (Å²) in [5, 5.41) is 15.7. The van der Waals surface area contributed by atoms with Gasteiger partial charge in [0.2, 0.25) is 0 Å². The molecule has 2 heterocycles. The van der Waals surface area contributed by atoms with Crippen molar-refractivity contribution >= 4 is 0 Å². The Morgan fingerprint density at radius 1 is 1.50 bits per heavy atom. The summed E-state index contributed by atoms with van der Waals surface area (Å²) in [5.74, 6) is 0.640. The molecule has 1 aliphatic heterocycles. The molecule has 1 fully saturated rings. The first kappa shape index (κ1) is 11.6. The van der Waals surface area contributed by atoms with Crippen LogP contribution in [0, 0.1) is 0 Å².